The average molecular weight is 383 g/mol. The van der Waals surface area contributed by atoms with Gasteiger partial charge >= 0.3 is 0 Å². The van der Waals surface area contributed by atoms with Crippen molar-refractivity contribution in [2.45, 2.75) is 6.61 Å². The van der Waals surface area contributed by atoms with Gasteiger partial charge in [0.25, 0.3) is 5.91 Å². The number of pyridine rings is 2. The highest BCUT2D eigenvalue weighted by Crippen LogP contribution is 2.23. The number of anilines is 1. The summed E-state index contributed by atoms with van der Waals surface area (Å²) in [6.45, 7) is 0.124. The van der Waals surface area contributed by atoms with Crippen LogP contribution in [0.15, 0.2) is 61.2 Å². The van der Waals surface area contributed by atoms with E-state index >= 15 is 0 Å². The molecule has 0 fully saturated rings. The molecule has 0 saturated carbocycles. The fourth-order valence-corrected chi connectivity index (χ4v) is 2.43. The van der Waals surface area contributed by atoms with Crippen LogP contribution >= 0.6 is 11.6 Å². The molecule has 2 aromatic heterocycles. The summed E-state index contributed by atoms with van der Waals surface area (Å²) >= 11 is 6.21. The lowest BCUT2D eigenvalue weighted by atomic mass is 10.2. The number of nitrogens with two attached hydrogens (primary N) is 1. The molecular weight excluding hydrogens is 368 g/mol. The Kier molecular flexibility index (Phi) is 5.63. The molecule has 7 nitrogen and oxygen atoms in total. The number of nitrogens with zero attached hydrogens (tertiary/aromatic N) is 2. The minimum Gasteiger partial charge on any atom is -0.487 e. The van der Waals surface area contributed by atoms with Crippen LogP contribution in [0.4, 0.5) is 5.69 Å². The summed E-state index contributed by atoms with van der Waals surface area (Å²) in [7, 11) is 0. The first kappa shape index (κ1) is 18.3. The van der Waals surface area contributed by atoms with E-state index in [0.29, 0.717) is 27.6 Å². The molecule has 3 rings (SSSR count). The van der Waals surface area contributed by atoms with E-state index in [2.05, 4.69) is 15.3 Å². The van der Waals surface area contributed by atoms with Crippen LogP contribution in [0.25, 0.3) is 0 Å². The maximum absolute atomic E-state index is 12.2. The molecule has 0 radical (unpaired) electrons. The number of hydrogen-bond donors (Lipinski definition) is 2. The van der Waals surface area contributed by atoms with Gasteiger partial charge in [-0.2, -0.15) is 0 Å². The van der Waals surface area contributed by atoms with Crippen molar-refractivity contribution in [3.8, 4) is 5.75 Å². The minimum atomic E-state index is -0.592. The van der Waals surface area contributed by atoms with E-state index in [0.717, 1.165) is 0 Å². The van der Waals surface area contributed by atoms with Gasteiger partial charge in [-0.1, -0.05) is 11.6 Å². The molecule has 0 aliphatic heterocycles. The molecule has 0 atom stereocenters. The van der Waals surface area contributed by atoms with Crippen molar-refractivity contribution in [3.63, 3.8) is 0 Å². The Morgan fingerprint density at radius 2 is 1.89 bits per heavy atom. The Labute approximate surface area is 160 Å². The van der Waals surface area contributed by atoms with Crippen LogP contribution in [0.3, 0.4) is 0 Å². The Morgan fingerprint density at radius 1 is 1.07 bits per heavy atom. The largest absolute Gasteiger partial charge is 0.487 e. The highest BCUT2D eigenvalue weighted by Gasteiger charge is 2.09. The van der Waals surface area contributed by atoms with E-state index in [4.69, 9.17) is 22.1 Å². The number of aromatic nitrogens is 2. The number of primary amides is 1. The fraction of sp³-hybridized carbons (Fsp3) is 0.0526. The monoisotopic (exact) mass is 382 g/mol. The smallest absolute Gasteiger partial charge is 0.257 e. The molecule has 2 amide bonds. The number of hydrogen-bond acceptors (Lipinski definition) is 5. The number of rotatable bonds is 6. The molecule has 27 heavy (non-hydrogen) atoms. The predicted molar refractivity (Wildman–Crippen MR) is 101 cm³/mol. The normalized spacial score (nSPS) is 10.3. The summed E-state index contributed by atoms with van der Waals surface area (Å²) in [5.74, 6) is -0.492. The fourth-order valence-electron chi connectivity index (χ4n) is 2.26. The Hall–Kier alpha value is -3.45. The number of nitrogens with one attached hydrogen (secondary N) is 1. The van der Waals surface area contributed by atoms with E-state index < -0.39 is 5.91 Å². The summed E-state index contributed by atoms with van der Waals surface area (Å²) in [6, 6.07) is 9.91. The molecule has 0 aliphatic rings. The number of benzene rings is 1. The van der Waals surface area contributed by atoms with E-state index in [-0.39, 0.29) is 18.1 Å². The zero-order valence-electron chi connectivity index (χ0n) is 14.1. The van der Waals surface area contributed by atoms with Crippen LogP contribution in [0.5, 0.6) is 5.75 Å². The van der Waals surface area contributed by atoms with Gasteiger partial charge in [-0.05, 0) is 36.4 Å². The van der Waals surface area contributed by atoms with Crippen LogP contribution < -0.4 is 15.8 Å². The van der Waals surface area contributed by atoms with Crippen molar-refractivity contribution in [3.05, 3.63) is 82.9 Å². The molecule has 136 valence electrons. The molecule has 1 aromatic carbocycles. The van der Waals surface area contributed by atoms with Gasteiger partial charge in [-0.15, -0.1) is 0 Å². The third kappa shape index (κ3) is 4.80. The van der Waals surface area contributed by atoms with Crippen molar-refractivity contribution in [2.75, 3.05) is 5.32 Å². The van der Waals surface area contributed by atoms with Gasteiger partial charge in [0.05, 0.1) is 17.3 Å². The van der Waals surface area contributed by atoms with E-state index in [1.54, 1.807) is 36.5 Å². The van der Waals surface area contributed by atoms with Crippen LogP contribution in [0, 0.1) is 0 Å². The second-order valence-electron chi connectivity index (χ2n) is 5.56. The molecule has 8 heteroatoms. The van der Waals surface area contributed by atoms with Gasteiger partial charge < -0.3 is 15.8 Å². The average Bonchev–Trinajstić information content (AvgIpc) is 2.69. The third-order valence-electron chi connectivity index (χ3n) is 3.62. The van der Waals surface area contributed by atoms with E-state index in [1.807, 2.05) is 0 Å². The second kappa shape index (κ2) is 8.29. The van der Waals surface area contributed by atoms with Crippen molar-refractivity contribution >= 4 is 29.1 Å². The topological polar surface area (TPSA) is 107 Å². The Bertz CT molecular complexity index is 980. The first-order chi connectivity index (χ1) is 13.0. The molecule has 0 unspecified atom stereocenters. The first-order valence-corrected chi connectivity index (χ1v) is 8.28. The van der Waals surface area contributed by atoms with Gasteiger partial charge in [0.2, 0.25) is 5.91 Å². The zero-order valence-corrected chi connectivity index (χ0v) is 14.8. The summed E-state index contributed by atoms with van der Waals surface area (Å²) in [6.07, 6.45) is 5.90. The van der Waals surface area contributed by atoms with E-state index in [9.17, 15) is 9.59 Å². The molecule has 3 N–H and O–H groups in total. The lowest BCUT2D eigenvalue weighted by Crippen LogP contribution is -2.12. The summed E-state index contributed by atoms with van der Waals surface area (Å²) in [5.41, 5.74) is 7.14. The maximum Gasteiger partial charge on any atom is 0.257 e. The summed E-state index contributed by atoms with van der Waals surface area (Å²) < 4.78 is 5.63. The third-order valence-corrected chi connectivity index (χ3v) is 3.99. The van der Waals surface area contributed by atoms with Crippen LogP contribution in [0.2, 0.25) is 5.02 Å². The molecule has 3 aromatic rings. The Morgan fingerprint density at radius 3 is 2.63 bits per heavy atom. The van der Waals surface area contributed by atoms with E-state index in [1.165, 1.54) is 24.7 Å². The van der Waals surface area contributed by atoms with Gasteiger partial charge in [-0.3, -0.25) is 19.6 Å². The predicted octanol–water partition coefficient (Wildman–Crippen LogP) is 3.06. The quantitative estimate of drug-likeness (QED) is 0.681. The SMILES string of the molecule is NC(=O)c1cncc(OCc2cc(NC(=O)c3cccnc3)ccc2Cl)c1. The highest BCUT2D eigenvalue weighted by atomic mass is 35.5. The molecule has 0 spiro atoms. The van der Waals surface area contributed by atoms with Crippen molar-refractivity contribution in [2.24, 2.45) is 5.73 Å². The number of carbonyl (C=O) groups is 2. The summed E-state index contributed by atoms with van der Waals surface area (Å²) in [5, 5.41) is 3.26. The number of amides is 2. The summed E-state index contributed by atoms with van der Waals surface area (Å²) in [4.78, 5) is 31.3. The number of ether oxygens (including phenoxy) is 1. The van der Waals surface area contributed by atoms with Crippen LogP contribution in [-0.4, -0.2) is 21.8 Å². The first-order valence-electron chi connectivity index (χ1n) is 7.90. The highest BCUT2D eigenvalue weighted by molar-refractivity contribution is 6.31. The maximum atomic E-state index is 12.2. The zero-order chi connectivity index (χ0) is 19.2. The molecule has 0 bridgehead atoms. The van der Waals surface area contributed by atoms with Crippen LogP contribution in [0.1, 0.15) is 26.3 Å². The standard InChI is InChI=1S/C19H15ClN4O3/c20-17-4-3-15(24-19(26)12-2-1-5-22-8-12)6-14(17)11-27-16-7-13(18(21)25)9-23-10-16/h1-10H,11H2,(H2,21,25)(H,24,26). The van der Waals surface area contributed by atoms with Gasteiger partial charge in [0.1, 0.15) is 12.4 Å². The van der Waals surface area contributed by atoms with Gasteiger partial charge in [0, 0.05) is 34.9 Å². The molecular formula is C19H15ClN4O3. The van der Waals surface area contributed by atoms with Crippen molar-refractivity contribution in [1.29, 1.82) is 0 Å². The van der Waals surface area contributed by atoms with Crippen molar-refractivity contribution < 1.29 is 14.3 Å². The minimum absolute atomic E-state index is 0.124. The van der Waals surface area contributed by atoms with Gasteiger partial charge in [0.15, 0.2) is 0 Å². The molecule has 2 heterocycles. The van der Waals surface area contributed by atoms with Gasteiger partial charge in [-0.25, -0.2) is 0 Å². The number of halogens is 1. The Balaban J connectivity index is 1.71. The molecule has 0 saturated heterocycles. The lowest BCUT2D eigenvalue weighted by Gasteiger charge is -2.11. The van der Waals surface area contributed by atoms with Crippen LogP contribution in [-0.2, 0) is 6.61 Å². The van der Waals surface area contributed by atoms with Crippen molar-refractivity contribution in [1.82, 2.24) is 9.97 Å². The lowest BCUT2D eigenvalue weighted by molar-refractivity contribution is 0.0997. The second-order valence-corrected chi connectivity index (χ2v) is 5.97. The number of carbonyl (C=O) groups excluding carboxylic acids is 2. The molecule has 0 aliphatic carbocycles.